The summed E-state index contributed by atoms with van der Waals surface area (Å²) >= 11 is 0. The maximum Gasteiger partial charge on any atom is 0.172 e. The van der Waals surface area contributed by atoms with Crippen LogP contribution in [0.4, 0.5) is 0 Å². The van der Waals surface area contributed by atoms with E-state index in [4.69, 9.17) is 6.58 Å². The second-order valence-electron chi connectivity index (χ2n) is 17.0. The van der Waals surface area contributed by atoms with Crippen LogP contribution in [-0.4, -0.2) is 22.9 Å². The fourth-order valence-electron chi connectivity index (χ4n) is 12.9. The molecule has 5 aliphatic rings. The number of aliphatic hydroxyl groups excluding tert-OH is 2. The first kappa shape index (κ1) is 28.9. The van der Waals surface area contributed by atoms with Crippen LogP contribution in [0.2, 0.25) is 0 Å². The second kappa shape index (κ2) is 9.40. The number of pyridine rings is 1. The maximum absolute atomic E-state index is 11.0. The summed E-state index contributed by atoms with van der Waals surface area (Å²) in [5, 5.41) is 22.0. The van der Waals surface area contributed by atoms with Crippen molar-refractivity contribution in [2.45, 2.75) is 125 Å². The lowest BCUT2D eigenvalue weighted by molar-refractivity contribution is -0.690. The van der Waals surface area contributed by atoms with Crippen LogP contribution in [0.5, 0.6) is 0 Å². The number of hydrogen-bond donors (Lipinski definition) is 2. The molecule has 4 unspecified atom stereocenters. The molecule has 222 valence electrons. The second-order valence-corrected chi connectivity index (χ2v) is 17.0. The molecule has 6 rings (SSSR count). The Kier molecular flexibility index (Phi) is 6.80. The highest BCUT2D eigenvalue weighted by Crippen LogP contribution is 2.77. The number of aromatic nitrogens is 1. The molecule has 5 aliphatic carbocycles. The average Bonchev–Trinajstić information content (AvgIpc) is 3.27. The lowest BCUT2D eigenvalue weighted by Gasteiger charge is -2.73. The fourth-order valence-corrected chi connectivity index (χ4v) is 12.9. The number of aliphatic hydroxyl groups is 2. The van der Waals surface area contributed by atoms with Crippen molar-refractivity contribution in [2.24, 2.45) is 56.7 Å². The molecule has 2 N–H and O–H groups in total. The Labute approximate surface area is 244 Å². The molecule has 10 atom stereocenters. The van der Waals surface area contributed by atoms with E-state index in [9.17, 15) is 10.2 Å². The summed E-state index contributed by atoms with van der Waals surface area (Å²) in [4.78, 5) is 0. The van der Waals surface area contributed by atoms with Crippen LogP contribution in [0.3, 0.4) is 0 Å². The Morgan fingerprint density at radius 3 is 2.23 bits per heavy atom. The molecule has 1 aromatic rings. The van der Waals surface area contributed by atoms with Crippen molar-refractivity contribution >= 4 is 0 Å². The summed E-state index contributed by atoms with van der Waals surface area (Å²) < 4.78 is 2.35. The predicted octanol–water partition coefficient (Wildman–Crippen LogP) is 7.58. The van der Waals surface area contributed by atoms with Crippen molar-refractivity contribution in [3.63, 3.8) is 0 Å². The van der Waals surface area contributed by atoms with Gasteiger partial charge in [0.15, 0.2) is 18.9 Å². The molecule has 0 aromatic carbocycles. The van der Waals surface area contributed by atoms with E-state index in [1.807, 2.05) is 0 Å². The molecule has 1 aromatic heterocycles. The van der Waals surface area contributed by atoms with Gasteiger partial charge in [-0.05, 0) is 146 Å². The molecule has 40 heavy (non-hydrogen) atoms. The first-order chi connectivity index (χ1) is 18.7. The van der Waals surface area contributed by atoms with E-state index < -0.39 is 0 Å². The molecule has 0 spiro atoms. The Morgan fingerprint density at radius 1 is 0.850 bits per heavy atom. The third-order valence-electron chi connectivity index (χ3n) is 15.0. The van der Waals surface area contributed by atoms with Gasteiger partial charge in [-0.25, -0.2) is 4.57 Å². The monoisotopic (exact) mass is 548 g/mol. The highest BCUT2D eigenvalue weighted by molar-refractivity contribution is 5.22. The molecule has 5 saturated carbocycles. The van der Waals surface area contributed by atoms with Crippen LogP contribution in [0.1, 0.15) is 110 Å². The number of hydrogen-bond acceptors (Lipinski definition) is 2. The van der Waals surface area contributed by atoms with E-state index in [1.54, 1.807) is 0 Å². The summed E-state index contributed by atoms with van der Waals surface area (Å²) in [6, 6.07) is 2.25. The van der Waals surface area contributed by atoms with Crippen molar-refractivity contribution in [3.05, 3.63) is 41.7 Å². The van der Waals surface area contributed by atoms with Crippen molar-refractivity contribution in [3.8, 4) is 0 Å². The lowest BCUT2D eigenvalue weighted by Crippen LogP contribution is -2.66. The van der Waals surface area contributed by atoms with Gasteiger partial charge in [0.1, 0.15) is 0 Å². The molecular formula is C37H58NO2+. The van der Waals surface area contributed by atoms with Crippen LogP contribution in [0.15, 0.2) is 30.6 Å². The van der Waals surface area contributed by atoms with E-state index in [0.29, 0.717) is 46.5 Å². The van der Waals surface area contributed by atoms with Gasteiger partial charge in [0.05, 0.1) is 6.10 Å². The van der Waals surface area contributed by atoms with Gasteiger partial charge in [-0.1, -0.05) is 41.2 Å². The fraction of sp³-hybridized carbons (Fsp3) is 0.811. The van der Waals surface area contributed by atoms with Crippen LogP contribution in [0, 0.1) is 70.5 Å². The van der Waals surface area contributed by atoms with Crippen LogP contribution in [-0.2, 0) is 6.54 Å². The van der Waals surface area contributed by atoms with E-state index in [1.165, 1.54) is 68.1 Å². The van der Waals surface area contributed by atoms with Gasteiger partial charge in [-0.15, -0.1) is 0 Å². The van der Waals surface area contributed by atoms with Gasteiger partial charge in [0, 0.05) is 17.7 Å². The zero-order valence-corrected chi connectivity index (χ0v) is 26.7. The average molecular weight is 549 g/mol. The zero-order chi connectivity index (χ0) is 28.9. The van der Waals surface area contributed by atoms with E-state index in [0.717, 1.165) is 25.3 Å². The van der Waals surface area contributed by atoms with E-state index in [-0.39, 0.29) is 16.9 Å². The van der Waals surface area contributed by atoms with Crippen molar-refractivity contribution in [2.75, 3.05) is 6.61 Å². The van der Waals surface area contributed by atoms with Gasteiger partial charge < -0.3 is 10.2 Å². The predicted molar refractivity (Wildman–Crippen MR) is 162 cm³/mol. The summed E-state index contributed by atoms with van der Waals surface area (Å²) in [7, 11) is 0. The van der Waals surface area contributed by atoms with Crippen LogP contribution >= 0.6 is 0 Å². The highest BCUT2D eigenvalue weighted by atomic mass is 16.3. The van der Waals surface area contributed by atoms with Crippen LogP contribution < -0.4 is 4.57 Å². The van der Waals surface area contributed by atoms with Gasteiger partial charge in [0.2, 0.25) is 0 Å². The number of rotatable bonds is 4. The quantitative estimate of drug-likeness (QED) is 0.301. The van der Waals surface area contributed by atoms with Crippen molar-refractivity contribution in [1.82, 2.24) is 0 Å². The minimum atomic E-state index is -0.165. The summed E-state index contributed by atoms with van der Waals surface area (Å²) in [5.41, 5.74) is 5.00. The third-order valence-corrected chi connectivity index (χ3v) is 15.0. The van der Waals surface area contributed by atoms with Gasteiger partial charge in [0.25, 0.3) is 0 Å². The standard InChI is InChI=1S/C37H58NO2/c1-24-19-25(2)21-38(20-24)22-26(3)27-11-16-37(23-39)18-17-35(7)28(32(27)37)9-10-30-34(6)14-13-31(40)33(4,5)29(34)12-15-36(30,35)8/h19-21,27-32,39-40H,3,9-18,22-23H2,1-2,4-8H3/q+1/t27-,28?,29?,30?,31-,32?,34-,35+,36+,37+/m0/s1. The molecule has 5 fully saturated rings. The number of nitrogens with zero attached hydrogens (tertiary/aromatic N) is 1. The SMILES string of the molecule is C=C(C[n+]1cc(C)cc(C)c1)[C@@H]1CC[C@]2(CO)CC[C@]3(C)C(CCC4[C@@]5(C)CC[C@H](O)C(C)(C)C5CC[C@]43C)C12. The third kappa shape index (κ3) is 3.84. The minimum Gasteiger partial charge on any atom is -0.396 e. The Balaban J connectivity index is 1.33. The summed E-state index contributed by atoms with van der Waals surface area (Å²) in [5.74, 6) is 3.03. The highest BCUT2D eigenvalue weighted by Gasteiger charge is 2.70. The maximum atomic E-state index is 11.0. The first-order valence-electron chi connectivity index (χ1n) is 16.7. The molecule has 0 amide bonds. The van der Waals surface area contributed by atoms with E-state index in [2.05, 4.69) is 71.5 Å². The first-order valence-corrected chi connectivity index (χ1v) is 16.7. The summed E-state index contributed by atoms with van der Waals surface area (Å²) in [6.45, 7) is 23.1. The van der Waals surface area contributed by atoms with Gasteiger partial charge in [-0.2, -0.15) is 0 Å². The molecule has 3 nitrogen and oxygen atoms in total. The normalized spacial score (nSPS) is 47.5. The smallest absolute Gasteiger partial charge is 0.172 e. The molecule has 0 bridgehead atoms. The number of fused-ring (bicyclic) bond motifs is 7. The molecule has 0 aliphatic heterocycles. The molecule has 0 radical (unpaired) electrons. The Morgan fingerprint density at radius 2 is 1.55 bits per heavy atom. The van der Waals surface area contributed by atoms with Crippen molar-refractivity contribution < 1.29 is 14.8 Å². The van der Waals surface area contributed by atoms with Crippen LogP contribution in [0.25, 0.3) is 0 Å². The number of allylic oxidation sites excluding steroid dienone is 1. The Hall–Kier alpha value is -1.19. The van der Waals surface area contributed by atoms with Crippen molar-refractivity contribution in [1.29, 1.82) is 0 Å². The topological polar surface area (TPSA) is 44.3 Å². The molecule has 1 heterocycles. The minimum absolute atomic E-state index is 0.00476. The molecule has 3 heteroatoms. The summed E-state index contributed by atoms with van der Waals surface area (Å²) in [6.07, 6.45) is 16.5. The Bertz CT molecular complexity index is 1150. The zero-order valence-electron chi connectivity index (χ0n) is 26.7. The largest absolute Gasteiger partial charge is 0.396 e. The lowest BCUT2D eigenvalue weighted by atomic mass is 9.32. The number of aryl methyl sites for hydroxylation is 2. The van der Waals surface area contributed by atoms with E-state index >= 15 is 0 Å². The van der Waals surface area contributed by atoms with Gasteiger partial charge >= 0.3 is 0 Å². The molecular weight excluding hydrogens is 490 g/mol. The molecule has 0 saturated heterocycles. The van der Waals surface area contributed by atoms with Gasteiger partial charge in [-0.3, -0.25) is 0 Å².